The lowest BCUT2D eigenvalue weighted by molar-refractivity contribution is 0.00628. The first-order valence-electron chi connectivity index (χ1n) is 9.01. The number of aliphatic hydroxyl groups excluding tert-OH is 1. The third-order valence-corrected chi connectivity index (χ3v) is 3.79. The number of nitrogens with zero attached hydrogens (tertiary/aromatic N) is 1. The molecule has 0 saturated heterocycles. The monoisotopic (exact) mass is 337 g/mol. The molecule has 0 aliphatic heterocycles. The van der Waals surface area contributed by atoms with Crippen molar-refractivity contribution in [2.75, 3.05) is 33.4 Å². The standard InChI is InChI=1S/C20H35NO3/c1-16(2)9-10-21(13-19(22)15-24-14-17(3)4)12-18-7-6-8-20(11-18)23-5/h6-8,11,16-17,19,22H,9-10,12-15H2,1-5H3/t19-/m1/s1. The van der Waals surface area contributed by atoms with Gasteiger partial charge in [-0.3, -0.25) is 4.90 Å². The Morgan fingerprint density at radius 1 is 1.08 bits per heavy atom. The lowest BCUT2D eigenvalue weighted by Crippen LogP contribution is -2.36. The summed E-state index contributed by atoms with van der Waals surface area (Å²) in [4.78, 5) is 2.30. The van der Waals surface area contributed by atoms with E-state index in [4.69, 9.17) is 9.47 Å². The minimum atomic E-state index is -0.457. The fraction of sp³-hybridized carbons (Fsp3) is 0.700. The summed E-state index contributed by atoms with van der Waals surface area (Å²) in [5.41, 5.74) is 1.20. The van der Waals surface area contributed by atoms with E-state index in [2.05, 4.69) is 44.7 Å². The summed E-state index contributed by atoms with van der Waals surface area (Å²) in [5.74, 6) is 2.01. The lowest BCUT2D eigenvalue weighted by atomic mass is 10.1. The number of aliphatic hydroxyl groups is 1. The number of hydrogen-bond acceptors (Lipinski definition) is 4. The van der Waals surface area contributed by atoms with Gasteiger partial charge in [-0.2, -0.15) is 0 Å². The summed E-state index contributed by atoms with van der Waals surface area (Å²) in [6.07, 6.45) is 0.658. The predicted molar refractivity (Wildman–Crippen MR) is 99.4 cm³/mol. The molecule has 0 unspecified atom stereocenters. The van der Waals surface area contributed by atoms with Gasteiger partial charge in [-0.1, -0.05) is 39.8 Å². The van der Waals surface area contributed by atoms with Gasteiger partial charge >= 0.3 is 0 Å². The van der Waals surface area contributed by atoms with Gasteiger partial charge in [0.15, 0.2) is 0 Å². The molecular formula is C20H35NO3. The van der Waals surface area contributed by atoms with Gasteiger partial charge in [-0.15, -0.1) is 0 Å². The summed E-state index contributed by atoms with van der Waals surface area (Å²) in [5, 5.41) is 10.3. The smallest absolute Gasteiger partial charge is 0.119 e. The van der Waals surface area contributed by atoms with Crippen LogP contribution in [0.3, 0.4) is 0 Å². The average molecular weight is 338 g/mol. The highest BCUT2D eigenvalue weighted by Crippen LogP contribution is 2.15. The van der Waals surface area contributed by atoms with Gasteiger partial charge in [0.1, 0.15) is 5.75 Å². The Balaban J connectivity index is 2.58. The molecule has 0 heterocycles. The van der Waals surface area contributed by atoms with Crippen LogP contribution in [0.25, 0.3) is 0 Å². The molecule has 0 radical (unpaired) electrons. The molecular weight excluding hydrogens is 302 g/mol. The van der Waals surface area contributed by atoms with Crippen molar-refractivity contribution in [1.82, 2.24) is 4.90 Å². The molecule has 1 aromatic rings. The minimum Gasteiger partial charge on any atom is -0.497 e. The van der Waals surface area contributed by atoms with Crippen LogP contribution in [0, 0.1) is 11.8 Å². The first-order chi connectivity index (χ1) is 11.4. The number of methoxy groups -OCH3 is 1. The van der Waals surface area contributed by atoms with Crippen molar-refractivity contribution in [3.05, 3.63) is 29.8 Å². The van der Waals surface area contributed by atoms with Crippen LogP contribution in [0.4, 0.5) is 0 Å². The van der Waals surface area contributed by atoms with Crippen molar-refractivity contribution in [3.8, 4) is 5.75 Å². The zero-order valence-corrected chi connectivity index (χ0v) is 16.0. The van der Waals surface area contributed by atoms with Gasteiger partial charge in [0, 0.05) is 19.7 Å². The first-order valence-corrected chi connectivity index (χ1v) is 9.01. The highest BCUT2D eigenvalue weighted by atomic mass is 16.5. The Hall–Kier alpha value is -1.10. The molecule has 138 valence electrons. The molecule has 0 saturated carbocycles. The SMILES string of the molecule is COc1cccc(CN(CCC(C)C)C[C@@H](O)COCC(C)C)c1. The zero-order chi connectivity index (χ0) is 17.9. The van der Waals surface area contributed by atoms with Crippen molar-refractivity contribution >= 4 is 0 Å². The molecule has 4 nitrogen and oxygen atoms in total. The van der Waals surface area contributed by atoms with Crippen LogP contribution in [-0.4, -0.2) is 49.5 Å². The van der Waals surface area contributed by atoms with Crippen molar-refractivity contribution in [2.24, 2.45) is 11.8 Å². The van der Waals surface area contributed by atoms with E-state index in [1.165, 1.54) is 5.56 Å². The maximum absolute atomic E-state index is 10.3. The van der Waals surface area contributed by atoms with Gasteiger partial charge in [0.25, 0.3) is 0 Å². The van der Waals surface area contributed by atoms with E-state index < -0.39 is 6.10 Å². The van der Waals surface area contributed by atoms with E-state index in [0.29, 0.717) is 31.6 Å². The van der Waals surface area contributed by atoms with E-state index >= 15 is 0 Å². The topological polar surface area (TPSA) is 41.9 Å². The summed E-state index contributed by atoms with van der Waals surface area (Å²) in [6.45, 7) is 12.2. The van der Waals surface area contributed by atoms with E-state index in [-0.39, 0.29) is 0 Å². The molecule has 0 aliphatic carbocycles. The molecule has 24 heavy (non-hydrogen) atoms. The number of ether oxygens (including phenoxy) is 2. The maximum Gasteiger partial charge on any atom is 0.119 e. The molecule has 0 bridgehead atoms. The maximum atomic E-state index is 10.3. The molecule has 0 spiro atoms. The molecule has 4 heteroatoms. The summed E-state index contributed by atoms with van der Waals surface area (Å²) in [6, 6.07) is 8.13. The molecule has 0 amide bonds. The number of rotatable bonds is 12. The van der Waals surface area contributed by atoms with Gasteiger partial charge in [0.05, 0.1) is 19.8 Å². The van der Waals surface area contributed by atoms with Crippen LogP contribution in [0.2, 0.25) is 0 Å². The quantitative estimate of drug-likeness (QED) is 0.633. The Kier molecular flexibility index (Phi) is 9.99. The average Bonchev–Trinajstić information content (AvgIpc) is 2.52. The van der Waals surface area contributed by atoms with Crippen molar-refractivity contribution in [3.63, 3.8) is 0 Å². The fourth-order valence-electron chi connectivity index (χ4n) is 2.50. The summed E-state index contributed by atoms with van der Waals surface area (Å²) in [7, 11) is 1.69. The second kappa shape index (κ2) is 11.5. The molecule has 0 fully saturated rings. The third-order valence-electron chi connectivity index (χ3n) is 3.79. The predicted octanol–water partition coefficient (Wildman–Crippen LogP) is 3.58. The van der Waals surface area contributed by atoms with Gasteiger partial charge in [0.2, 0.25) is 0 Å². The highest BCUT2D eigenvalue weighted by molar-refractivity contribution is 5.28. The summed E-state index contributed by atoms with van der Waals surface area (Å²) >= 11 is 0. The van der Waals surface area contributed by atoms with Gasteiger partial charge < -0.3 is 14.6 Å². The van der Waals surface area contributed by atoms with Crippen molar-refractivity contribution in [1.29, 1.82) is 0 Å². The van der Waals surface area contributed by atoms with Gasteiger partial charge in [-0.05, 0) is 42.5 Å². The second-order valence-electron chi connectivity index (χ2n) is 7.35. The summed E-state index contributed by atoms with van der Waals surface area (Å²) < 4.78 is 10.9. The van der Waals surface area contributed by atoms with Gasteiger partial charge in [-0.25, -0.2) is 0 Å². The first kappa shape index (κ1) is 20.9. The largest absolute Gasteiger partial charge is 0.497 e. The van der Waals surface area contributed by atoms with Crippen LogP contribution in [0.15, 0.2) is 24.3 Å². The number of benzene rings is 1. The van der Waals surface area contributed by atoms with E-state index in [9.17, 15) is 5.11 Å². The molecule has 0 aliphatic rings. The van der Waals surface area contributed by atoms with Crippen LogP contribution in [0.1, 0.15) is 39.7 Å². The molecule has 1 aromatic carbocycles. The van der Waals surface area contributed by atoms with E-state index in [0.717, 1.165) is 25.3 Å². The Bertz CT molecular complexity index is 448. The fourth-order valence-corrected chi connectivity index (χ4v) is 2.50. The minimum absolute atomic E-state index is 0.397. The lowest BCUT2D eigenvalue weighted by Gasteiger charge is -2.26. The Morgan fingerprint density at radius 3 is 2.46 bits per heavy atom. The van der Waals surface area contributed by atoms with Crippen LogP contribution < -0.4 is 4.74 Å². The second-order valence-corrected chi connectivity index (χ2v) is 7.35. The van der Waals surface area contributed by atoms with Crippen LogP contribution in [0.5, 0.6) is 5.75 Å². The molecule has 1 atom stereocenters. The molecule has 1 rings (SSSR count). The van der Waals surface area contributed by atoms with Crippen molar-refractivity contribution in [2.45, 2.75) is 46.8 Å². The van der Waals surface area contributed by atoms with Crippen LogP contribution in [-0.2, 0) is 11.3 Å². The van der Waals surface area contributed by atoms with E-state index in [1.54, 1.807) is 7.11 Å². The Labute approximate surface area is 147 Å². The Morgan fingerprint density at radius 2 is 1.83 bits per heavy atom. The zero-order valence-electron chi connectivity index (χ0n) is 16.0. The van der Waals surface area contributed by atoms with E-state index in [1.807, 2.05) is 12.1 Å². The molecule has 1 N–H and O–H groups in total. The highest BCUT2D eigenvalue weighted by Gasteiger charge is 2.14. The third kappa shape index (κ3) is 9.26. The van der Waals surface area contributed by atoms with Crippen LogP contribution >= 0.6 is 0 Å². The normalized spacial score (nSPS) is 13.0. The van der Waals surface area contributed by atoms with Crippen molar-refractivity contribution < 1.29 is 14.6 Å². The number of hydrogen-bond donors (Lipinski definition) is 1. The molecule has 0 aromatic heterocycles.